The van der Waals surface area contributed by atoms with Crippen molar-refractivity contribution >= 4 is 28.2 Å². The lowest BCUT2D eigenvalue weighted by atomic mass is 9.97. The van der Waals surface area contributed by atoms with E-state index in [1.54, 1.807) is 6.20 Å². The molecule has 2 aromatic carbocycles. The van der Waals surface area contributed by atoms with E-state index < -0.39 is 0 Å². The zero-order chi connectivity index (χ0) is 18.3. The average Bonchev–Trinajstić information content (AvgIpc) is 3.42. The Kier molecular flexibility index (Phi) is 3.81. The van der Waals surface area contributed by atoms with Gasteiger partial charge in [0.05, 0.1) is 17.9 Å². The summed E-state index contributed by atoms with van der Waals surface area (Å²) in [6.07, 6.45) is 2.30. The SMILES string of the molecule is Cc1ccccc1-c1cc(N)c2cnc(NC(=O)[C@@H]3C[C@H]3C#N)cc2c1. The van der Waals surface area contributed by atoms with Gasteiger partial charge in [0.2, 0.25) is 5.91 Å². The zero-order valence-electron chi connectivity index (χ0n) is 14.4. The summed E-state index contributed by atoms with van der Waals surface area (Å²) >= 11 is 0. The van der Waals surface area contributed by atoms with Crippen LogP contribution in [-0.2, 0) is 4.79 Å². The molecule has 0 radical (unpaired) electrons. The molecule has 0 unspecified atom stereocenters. The highest BCUT2D eigenvalue weighted by Crippen LogP contribution is 2.38. The summed E-state index contributed by atoms with van der Waals surface area (Å²) in [7, 11) is 0. The van der Waals surface area contributed by atoms with Crippen molar-refractivity contribution in [2.24, 2.45) is 11.8 Å². The van der Waals surface area contributed by atoms with Crippen LogP contribution in [0.25, 0.3) is 21.9 Å². The molecular weight excluding hydrogens is 324 g/mol. The second kappa shape index (κ2) is 6.16. The van der Waals surface area contributed by atoms with Crippen molar-refractivity contribution in [2.45, 2.75) is 13.3 Å². The molecule has 0 bridgehead atoms. The molecule has 2 atom stereocenters. The van der Waals surface area contributed by atoms with Crippen molar-refractivity contribution in [2.75, 3.05) is 11.1 Å². The predicted octanol–water partition coefficient (Wildman–Crippen LogP) is 3.89. The van der Waals surface area contributed by atoms with E-state index in [1.807, 2.05) is 24.3 Å². The summed E-state index contributed by atoms with van der Waals surface area (Å²) in [6, 6.07) is 16.1. The highest BCUT2D eigenvalue weighted by Gasteiger charge is 2.43. The molecule has 0 aliphatic heterocycles. The number of hydrogen-bond donors (Lipinski definition) is 2. The maximum absolute atomic E-state index is 12.2. The monoisotopic (exact) mass is 342 g/mol. The molecular formula is C21H18N4O. The Balaban J connectivity index is 1.70. The van der Waals surface area contributed by atoms with Crippen molar-refractivity contribution in [1.82, 2.24) is 4.98 Å². The first kappa shape index (κ1) is 16.1. The molecule has 1 heterocycles. The lowest BCUT2D eigenvalue weighted by Crippen LogP contribution is -2.15. The summed E-state index contributed by atoms with van der Waals surface area (Å²) in [5.74, 6) is -0.0570. The number of pyridine rings is 1. The Hall–Kier alpha value is -3.39. The Morgan fingerprint density at radius 3 is 2.85 bits per heavy atom. The van der Waals surface area contributed by atoms with Gasteiger partial charge in [-0.25, -0.2) is 4.98 Å². The molecule has 3 aromatic rings. The van der Waals surface area contributed by atoms with E-state index >= 15 is 0 Å². The second-order valence-electron chi connectivity index (χ2n) is 6.74. The first-order valence-electron chi connectivity index (χ1n) is 8.52. The number of amides is 1. The summed E-state index contributed by atoms with van der Waals surface area (Å²) in [4.78, 5) is 16.4. The van der Waals surface area contributed by atoms with Crippen molar-refractivity contribution in [1.29, 1.82) is 5.26 Å². The summed E-state index contributed by atoms with van der Waals surface area (Å²) < 4.78 is 0. The molecule has 4 rings (SSSR count). The number of aryl methyl sites for hydroxylation is 1. The van der Waals surface area contributed by atoms with Crippen LogP contribution >= 0.6 is 0 Å². The highest BCUT2D eigenvalue weighted by atomic mass is 16.2. The Labute approximate surface area is 151 Å². The van der Waals surface area contributed by atoms with Crippen LogP contribution in [0.2, 0.25) is 0 Å². The topological polar surface area (TPSA) is 91.8 Å². The van der Waals surface area contributed by atoms with Gasteiger partial charge >= 0.3 is 0 Å². The summed E-state index contributed by atoms with van der Waals surface area (Å²) in [5, 5.41) is 13.4. The molecule has 5 nitrogen and oxygen atoms in total. The number of hydrogen-bond acceptors (Lipinski definition) is 4. The van der Waals surface area contributed by atoms with Gasteiger partial charge < -0.3 is 11.1 Å². The van der Waals surface area contributed by atoms with Gasteiger partial charge in [0.25, 0.3) is 0 Å². The van der Waals surface area contributed by atoms with E-state index in [-0.39, 0.29) is 17.7 Å². The van der Waals surface area contributed by atoms with Gasteiger partial charge in [-0.1, -0.05) is 24.3 Å². The van der Waals surface area contributed by atoms with Gasteiger partial charge in [-0.05, 0) is 53.6 Å². The summed E-state index contributed by atoms with van der Waals surface area (Å²) in [5.41, 5.74) is 10.2. The fraction of sp³-hybridized carbons (Fsp3) is 0.190. The number of rotatable bonds is 3. The minimum Gasteiger partial charge on any atom is -0.398 e. The number of benzene rings is 2. The fourth-order valence-corrected chi connectivity index (χ4v) is 3.25. The van der Waals surface area contributed by atoms with E-state index in [2.05, 4.69) is 41.5 Å². The van der Waals surface area contributed by atoms with Gasteiger partial charge in [-0.2, -0.15) is 5.26 Å². The third-order valence-electron chi connectivity index (χ3n) is 4.87. The maximum atomic E-state index is 12.2. The number of carbonyl (C=O) groups is 1. The predicted molar refractivity (Wildman–Crippen MR) is 102 cm³/mol. The van der Waals surface area contributed by atoms with Gasteiger partial charge in [0, 0.05) is 17.3 Å². The number of fused-ring (bicyclic) bond motifs is 1. The van der Waals surface area contributed by atoms with Gasteiger partial charge in [-0.3, -0.25) is 4.79 Å². The minimum absolute atomic E-state index is 0.147. The summed E-state index contributed by atoms with van der Waals surface area (Å²) in [6.45, 7) is 2.06. The number of nitrogens with zero attached hydrogens (tertiary/aromatic N) is 2. The van der Waals surface area contributed by atoms with Gasteiger partial charge in [0.15, 0.2) is 0 Å². The van der Waals surface area contributed by atoms with E-state index in [9.17, 15) is 4.79 Å². The molecule has 1 fully saturated rings. The normalized spacial score (nSPS) is 18.3. The average molecular weight is 342 g/mol. The van der Waals surface area contributed by atoms with Crippen LogP contribution in [0.4, 0.5) is 11.5 Å². The van der Waals surface area contributed by atoms with Crippen LogP contribution in [0, 0.1) is 30.1 Å². The molecule has 5 heteroatoms. The standard InChI is InChI=1S/C21H18N4O/c1-12-4-2-3-5-16(12)13-6-14-9-20(24-11-18(14)19(23)8-13)25-21(26)17-7-15(17)10-22/h2-6,8-9,11,15,17H,7,23H2,1H3,(H,24,25,26)/t15-,17+/m0/s1. The number of nitrogen functional groups attached to an aromatic ring is 1. The van der Waals surface area contributed by atoms with Gasteiger partial charge in [-0.15, -0.1) is 0 Å². The van der Waals surface area contributed by atoms with Crippen LogP contribution in [0.1, 0.15) is 12.0 Å². The van der Waals surface area contributed by atoms with Crippen molar-refractivity contribution in [3.63, 3.8) is 0 Å². The van der Waals surface area contributed by atoms with Crippen LogP contribution in [0.15, 0.2) is 48.7 Å². The number of nitrogens with two attached hydrogens (primary N) is 1. The van der Waals surface area contributed by atoms with Crippen molar-refractivity contribution in [3.8, 4) is 17.2 Å². The minimum atomic E-state index is -0.221. The Bertz CT molecular complexity index is 1070. The first-order chi connectivity index (χ1) is 12.6. The molecule has 128 valence electrons. The molecule has 1 aliphatic carbocycles. The quantitative estimate of drug-likeness (QED) is 0.706. The number of anilines is 2. The van der Waals surface area contributed by atoms with Crippen LogP contribution in [0.5, 0.6) is 0 Å². The van der Waals surface area contributed by atoms with E-state index in [0.717, 1.165) is 21.9 Å². The van der Waals surface area contributed by atoms with E-state index in [1.165, 1.54) is 5.56 Å². The highest BCUT2D eigenvalue weighted by molar-refractivity contribution is 6.00. The van der Waals surface area contributed by atoms with Crippen molar-refractivity contribution in [3.05, 3.63) is 54.2 Å². The maximum Gasteiger partial charge on any atom is 0.230 e. The largest absolute Gasteiger partial charge is 0.398 e. The third kappa shape index (κ3) is 2.86. The first-order valence-corrected chi connectivity index (χ1v) is 8.52. The molecule has 0 saturated heterocycles. The van der Waals surface area contributed by atoms with Crippen LogP contribution in [0.3, 0.4) is 0 Å². The molecule has 1 saturated carbocycles. The lowest BCUT2D eigenvalue weighted by Gasteiger charge is -2.11. The van der Waals surface area contributed by atoms with Crippen LogP contribution < -0.4 is 11.1 Å². The smallest absolute Gasteiger partial charge is 0.230 e. The molecule has 26 heavy (non-hydrogen) atoms. The Morgan fingerprint density at radius 2 is 2.12 bits per heavy atom. The number of nitriles is 1. The third-order valence-corrected chi connectivity index (χ3v) is 4.87. The Morgan fingerprint density at radius 1 is 1.31 bits per heavy atom. The second-order valence-corrected chi connectivity index (χ2v) is 6.74. The van der Waals surface area contributed by atoms with Crippen LogP contribution in [-0.4, -0.2) is 10.9 Å². The molecule has 1 aromatic heterocycles. The number of carbonyl (C=O) groups excluding carboxylic acids is 1. The molecule has 1 amide bonds. The number of nitrogens with one attached hydrogen (secondary N) is 1. The number of aromatic nitrogens is 1. The lowest BCUT2D eigenvalue weighted by molar-refractivity contribution is -0.117. The fourth-order valence-electron chi connectivity index (χ4n) is 3.25. The molecule has 1 aliphatic rings. The van der Waals surface area contributed by atoms with E-state index in [4.69, 9.17) is 11.0 Å². The van der Waals surface area contributed by atoms with Gasteiger partial charge in [0.1, 0.15) is 5.82 Å². The van der Waals surface area contributed by atoms with E-state index in [0.29, 0.717) is 17.9 Å². The van der Waals surface area contributed by atoms with Crippen molar-refractivity contribution < 1.29 is 4.79 Å². The zero-order valence-corrected chi connectivity index (χ0v) is 14.4. The molecule has 3 N–H and O–H groups in total. The molecule has 0 spiro atoms.